The number of carbonyl (C=O) groups is 1. The summed E-state index contributed by atoms with van der Waals surface area (Å²) < 4.78 is 7.75. The third-order valence-electron chi connectivity index (χ3n) is 5.76. The van der Waals surface area contributed by atoms with Crippen LogP contribution in [0.1, 0.15) is 33.2 Å². The molecule has 5 rings (SSSR count). The molecule has 0 radical (unpaired) electrons. The van der Waals surface area contributed by atoms with Crippen molar-refractivity contribution in [3.05, 3.63) is 114 Å². The first-order valence-electron chi connectivity index (χ1n) is 10.7. The van der Waals surface area contributed by atoms with Crippen LogP contribution in [0.4, 0.5) is 0 Å². The second-order valence-corrected chi connectivity index (χ2v) is 8.05. The van der Waals surface area contributed by atoms with Gasteiger partial charge in [-0.3, -0.25) is 4.79 Å². The Bertz CT molecular complexity index is 1140. The molecule has 1 amide bonds. The van der Waals surface area contributed by atoms with Gasteiger partial charge in [0.1, 0.15) is 17.9 Å². The molecule has 0 aliphatic carbocycles. The van der Waals surface area contributed by atoms with Crippen LogP contribution < -0.4 is 4.74 Å². The number of rotatable bonds is 6. The van der Waals surface area contributed by atoms with Crippen LogP contribution in [0, 0.1) is 0 Å². The number of amides is 1. The zero-order chi connectivity index (χ0) is 21.9. The Morgan fingerprint density at radius 3 is 2.28 bits per heavy atom. The molecule has 0 N–H and O–H groups in total. The van der Waals surface area contributed by atoms with Gasteiger partial charge >= 0.3 is 0 Å². The second kappa shape index (κ2) is 8.67. The van der Waals surface area contributed by atoms with Gasteiger partial charge in [-0.15, -0.1) is 5.10 Å². The van der Waals surface area contributed by atoms with E-state index in [0.29, 0.717) is 12.2 Å². The molecule has 160 valence electrons. The van der Waals surface area contributed by atoms with Crippen LogP contribution >= 0.6 is 0 Å². The molecule has 0 fully saturated rings. The topological polar surface area (TPSA) is 60.2 Å². The van der Waals surface area contributed by atoms with Gasteiger partial charge in [-0.05, 0) is 22.8 Å². The lowest BCUT2D eigenvalue weighted by atomic mass is 9.99. The normalized spacial score (nSPS) is 14.8. The summed E-state index contributed by atoms with van der Waals surface area (Å²) >= 11 is 0. The summed E-state index contributed by atoms with van der Waals surface area (Å²) in [6.07, 6.45) is 2.47. The molecule has 0 saturated heterocycles. The predicted octanol–water partition coefficient (Wildman–Crippen LogP) is 3.99. The summed E-state index contributed by atoms with van der Waals surface area (Å²) in [7, 11) is 1.78. The average Bonchev–Trinajstić information content (AvgIpc) is 3.47. The molecule has 1 aliphatic heterocycles. The Morgan fingerprint density at radius 1 is 1.00 bits per heavy atom. The highest BCUT2D eigenvalue weighted by Gasteiger charge is 2.27. The number of benzene rings is 3. The third kappa shape index (κ3) is 3.99. The van der Waals surface area contributed by atoms with Crippen LogP contribution in [0.3, 0.4) is 0 Å². The Hall–Kier alpha value is -3.93. The van der Waals surface area contributed by atoms with Crippen molar-refractivity contribution in [3.8, 4) is 5.75 Å². The number of likely N-dealkylation sites (N-methyl/N-ethyl adjacent to an activating group) is 1. The highest BCUT2D eigenvalue weighted by Crippen LogP contribution is 2.29. The number of hydrogen-bond acceptors (Lipinski definition) is 4. The van der Waals surface area contributed by atoms with E-state index in [1.54, 1.807) is 22.8 Å². The monoisotopic (exact) mass is 424 g/mol. The molecule has 1 aromatic heterocycles. The van der Waals surface area contributed by atoms with Crippen molar-refractivity contribution in [2.24, 2.45) is 0 Å². The first-order valence-corrected chi connectivity index (χ1v) is 10.7. The van der Waals surface area contributed by atoms with E-state index in [1.165, 1.54) is 5.56 Å². The van der Waals surface area contributed by atoms with Crippen molar-refractivity contribution in [2.45, 2.75) is 18.6 Å². The van der Waals surface area contributed by atoms with Gasteiger partial charge in [-0.25, -0.2) is 4.68 Å². The average molecular weight is 425 g/mol. The molecule has 1 atom stereocenters. The molecule has 0 saturated carbocycles. The quantitative estimate of drug-likeness (QED) is 0.470. The zero-order valence-corrected chi connectivity index (χ0v) is 17.8. The molecule has 1 aliphatic rings. The molecule has 2 heterocycles. The highest BCUT2D eigenvalue weighted by atomic mass is 16.5. The minimum atomic E-state index is -0.171. The van der Waals surface area contributed by atoms with E-state index >= 15 is 0 Å². The third-order valence-corrected chi connectivity index (χ3v) is 5.76. The minimum Gasteiger partial charge on any atom is -0.488 e. The summed E-state index contributed by atoms with van der Waals surface area (Å²) in [6.45, 7) is 0.487. The second-order valence-electron chi connectivity index (χ2n) is 8.05. The van der Waals surface area contributed by atoms with Crippen molar-refractivity contribution in [2.75, 3.05) is 13.6 Å². The molecule has 6 nitrogen and oxygen atoms in total. The maximum absolute atomic E-state index is 13.1. The van der Waals surface area contributed by atoms with Gasteiger partial charge in [0.15, 0.2) is 5.69 Å². The fourth-order valence-corrected chi connectivity index (χ4v) is 4.21. The van der Waals surface area contributed by atoms with Crippen LogP contribution in [-0.2, 0) is 6.42 Å². The van der Waals surface area contributed by atoms with Gasteiger partial charge in [0.05, 0.1) is 12.7 Å². The predicted molar refractivity (Wildman–Crippen MR) is 122 cm³/mol. The first-order chi connectivity index (χ1) is 15.7. The van der Waals surface area contributed by atoms with Gasteiger partial charge < -0.3 is 9.64 Å². The van der Waals surface area contributed by atoms with Gasteiger partial charge in [0.25, 0.3) is 5.91 Å². The van der Waals surface area contributed by atoms with Crippen molar-refractivity contribution in [3.63, 3.8) is 0 Å². The van der Waals surface area contributed by atoms with Crippen LogP contribution in [0.25, 0.3) is 0 Å². The standard InChI is InChI=1S/C26H24N4O2/c1-29(17-22-16-21-14-8-9-15-24(21)32-22)26(31)23-18-30(28-27-23)25(19-10-4-2-5-11-19)20-12-6-3-7-13-20/h2-15,18,22,25H,16-17H2,1H3. The van der Waals surface area contributed by atoms with Gasteiger partial charge in [0.2, 0.25) is 0 Å². The number of carbonyl (C=O) groups excluding carboxylic acids is 1. The SMILES string of the molecule is CN(CC1Cc2ccccc2O1)C(=O)c1cn(C(c2ccccc2)c2ccccc2)nn1. The van der Waals surface area contributed by atoms with Crippen molar-refractivity contribution < 1.29 is 9.53 Å². The number of fused-ring (bicyclic) bond motifs is 1. The Labute approximate surface area is 187 Å². The number of para-hydroxylation sites is 1. The first kappa shape index (κ1) is 20.0. The van der Waals surface area contributed by atoms with Crippen molar-refractivity contribution >= 4 is 5.91 Å². The number of nitrogens with zero attached hydrogens (tertiary/aromatic N) is 4. The van der Waals surface area contributed by atoms with Gasteiger partial charge in [-0.2, -0.15) is 0 Å². The lowest BCUT2D eigenvalue weighted by Crippen LogP contribution is -2.36. The molecule has 0 spiro atoms. The van der Waals surface area contributed by atoms with Crippen LogP contribution in [-0.4, -0.2) is 45.5 Å². The molecule has 4 aromatic rings. The highest BCUT2D eigenvalue weighted by molar-refractivity contribution is 5.91. The number of aromatic nitrogens is 3. The smallest absolute Gasteiger partial charge is 0.275 e. The van der Waals surface area contributed by atoms with Crippen LogP contribution in [0.15, 0.2) is 91.1 Å². The van der Waals surface area contributed by atoms with E-state index < -0.39 is 0 Å². The summed E-state index contributed by atoms with van der Waals surface area (Å²) in [5.41, 5.74) is 3.65. The van der Waals surface area contributed by atoms with E-state index in [9.17, 15) is 4.79 Å². The number of hydrogen-bond donors (Lipinski definition) is 0. The Morgan fingerprint density at radius 2 is 1.62 bits per heavy atom. The maximum atomic E-state index is 13.1. The molecule has 3 aromatic carbocycles. The summed E-state index contributed by atoms with van der Waals surface area (Å²) in [6, 6.07) is 28.1. The summed E-state index contributed by atoms with van der Waals surface area (Å²) in [5, 5.41) is 8.53. The molecular formula is C26H24N4O2. The van der Waals surface area contributed by atoms with Crippen LogP contribution in [0.5, 0.6) is 5.75 Å². The number of ether oxygens (including phenoxy) is 1. The summed E-state index contributed by atoms with van der Waals surface area (Å²) in [4.78, 5) is 14.7. The maximum Gasteiger partial charge on any atom is 0.275 e. The zero-order valence-electron chi connectivity index (χ0n) is 17.8. The minimum absolute atomic E-state index is 0.0576. The van der Waals surface area contributed by atoms with E-state index in [1.807, 2.05) is 54.6 Å². The Kier molecular flexibility index (Phi) is 5.42. The lowest BCUT2D eigenvalue weighted by molar-refractivity contribution is 0.0724. The van der Waals surface area contributed by atoms with Crippen LogP contribution in [0.2, 0.25) is 0 Å². The van der Waals surface area contributed by atoms with Gasteiger partial charge in [0, 0.05) is 13.5 Å². The van der Waals surface area contributed by atoms with Crippen molar-refractivity contribution in [1.29, 1.82) is 0 Å². The molecule has 6 heteroatoms. The molecule has 0 bridgehead atoms. The van der Waals surface area contributed by atoms with Gasteiger partial charge in [-0.1, -0.05) is 84.1 Å². The molecule has 32 heavy (non-hydrogen) atoms. The fourth-order valence-electron chi connectivity index (χ4n) is 4.21. The Balaban J connectivity index is 1.34. The van der Waals surface area contributed by atoms with E-state index in [-0.39, 0.29) is 18.1 Å². The molecule has 1 unspecified atom stereocenters. The van der Waals surface area contributed by atoms with E-state index in [4.69, 9.17) is 4.74 Å². The lowest BCUT2D eigenvalue weighted by Gasteiger charge is -2.20. The van der Waals surface area contributed by atoms with Crippen molar-refractivity contribution in [1.82, 2.24) is 19.9 Å². The largest absolute Gasteiger partial charge is 0.488 e. The van der Waals surface area contributed by atoms with E-state index in [0.717, 1.165) is 23.3 Å². The summed E-state index contributed by atoms with van der Waals surface area (Å²) in [5.74, 6) is 0.730. The fraction of sp³-hybridized carbons (Fsp3) is 0.192. The van der Waals surface area contributed by atoms with E-state index in [2.05, 4.69) is 40.6 Å². The molecular weight excluding hydrogens is 400 g/mol.